The first-order valence-corrected chi connectivity index (χ1v) is 7.16. The van der Waals surface area contributed by atoms with Gasteiger partial charge in [-0.05, 0) is 26.0 Å². The van der Waals surface area contributed by atoms with E-state index in [4.69, 9.17) is 0 Å². The largest absolute Gasteiger partial charge is 0.480 e. The number of carboxylic acid groups (broad SMARTS) is 1. The summed E-state index contributed by atoms with van der Waals surface area (Å²) in [6, 6.07) is 5.89. The Bertz CT molecular complexity index is 781. The third kappa shape index (κ3) is 2.64. The Morgan fingerprint density at radius 2 is 1.95 bits per heavy atom. The maximum absolute atomic E-state index is 12.4. The number of fused-ring (bicyclic) bond motifs is 1. The minimum absolute atomic E-state index is 0.0523. The van der Waals surface area contributed by atoms with Crippen LogP contribution in [-0.2, 0) is 4.79 Å². The Morgan fingerprint density at radius 1 is 1.32 bits per heavy atom. The molecule has 22 heavy (non-hydrogen) atoms. The van der Waals surface area contributed by atoms with Gasteiger partial charge in [0.2, 0.25) is 0 Å². The van der Waals surface area contributed by atoms with Crippen molar-refractivity contribution in [2.24, 2.45) is 0 Å². The summed E-state index contributed by atoms with van der Waals surface area (Å²) in [7, 11) is 1.42. The number of carbonyl (C=O) groups excluding carboxylic acids is 1. The molecule has 0 aliphatic rings. The van der Waals surface area contributed by atoms with Gasteiger partial charge in [-0.2, -0.15) is 0 Å². The van der Waals surface area contributed by atoms with E-state index in [0.29, 0.717) is 10.3 Å². The molecule has 1 N–H and O–H groups in total. The SMILES string of the molecule is CN(C(=O)c1cc2cc([N+](=O)[O-])ccc2s1)C(C)(C)C(=O)O. The van der Waals surface area contributed by atoms with Gasteiger partial charge in [-0.1, -0.05) is 0 Å². The lowest BCUT2D eigenvalue weighted by atomic mass is 10.0. The second kappa shape index (κ2) is 5.38. The molecule has 1 aromatic heterocycles. The summed E-state index contributed by atoms with van der Waals surface area (Å²) in [5.41, 5.74) is -1.40. The van der Waals surface area contributed by atoms with Gasteiger partial charge >= 0.3 is 5.97 Å². The Morgan fingerprint density at radius 3 is 2.50 bits per heavy atom. The summed E-state index contributed by atoms with van der Waals surface area (Å²) in [6.07, 6.45) is 0. The van der Waals surface area contributed by atoms with Gasteiger partial charge in [0.15, 0.2) is 0 Å². The first-order valence-electron chi connectivity index (χ1n) is 6.34. The van der Waals surface area contributed by atoms with Crippen LogP contribution in [0.1, 0.15) is 23.5 Å². The van der Waals surface area contributed by atoms with Crippen LogP contribution in [0.15, 0.2) is 24.3 Å². The van der Waals surface area contributed by atoms with E-state index >= 15 is 0 Å². The molecule has 0 bridgehead atoms. The Balaban J connectivity index is 2.40. The highest BCUT2D eigenvalue weighted by molar-refractivity contribution is 7.20. The van der Waals surface area contributed by atoms with Gasteiger partial charge in [0.1, 0.15) is 5.54 Å². The van der Waals surface area contributed by atoms with Crippen LogP contribution < -0.4 is 0 Å². The van der Waals surface area contributed by atoms with E-state index in [9.17, 15) is 24.8 Å². The number of non-ortho nitro benzene ring substituents is 1. The second-order valence-electron chi connectivity index (χ2n) is 5.32. The zero-order valence-electron chi connectivity index (χ0n) is 12.2. The van der Waals surface area contributed by atoms with E-state index in [0.717, 1.165) is 9.60 Å². The van der Waals surface area contributed by atoms with Crippen molar-refractivity contribution in [3.63, 3.8) is 0 Å². The highest BCUT2D eigenvalue weighted by Crippen LogP contribution is 2.30. The summed E-state index contributed by atoms with van der Waals surface area (Å²) >= 11 is 1.18. The van der Waals surface area contributed by atoms with E-state index in [1.54, 1.807) is 12.1 Å². The van der Waals surface area contributed by atoms with Gasteiger partial charge in [0.05, 0.1) is 9.80 Å². The molecule has 0 saturated heterocycles. The molecule has 0 aliphatic heterocycles. The summed E-state index contributed by atoms with van der Waals surface area (Å²) in [5.74, 6) is -1.55. The molecule has 2 aromatic rings. The minimum atomic E-state index is -1.35. The monoisotopic (exact) mass is 322 g/mol. The van der Waals surface area contributed by atoms with Crippen molar-refractivity contribution in [2.45, 2.75) is 19.4 Å². The lowest BCUT2D eigenvalue weighted by Gasteiger charge is -2.31. The Kier molecular flexibility index (Phi) is 3.89. The van der Waals surface area contributed by atoms with Crippen molar-refractivity contribution in [2.75, 3.05) is 7.05 Å². The number of amides is 1. The average Bonchev–Trinajstić information content (AvgIpc) is 2.88. The maximum Gasteiger partial charge on any atom is 0.329 e. The number of nitro groups is 1. The van der Waals surface area contributed by atoms with Gasteiger partial charge in [-0.25, -0.2) is 4.79 Å². The molecule has 0 spiro atoms. The van der Waals surface area contributed by atoms with Crippen LogP contribution in [0.4, 0.5) is 5.69 Å². The molecule has 0 atom stereocenters. The van der Waals surface area contributed by atoms with Gasteiger partial charge < -0.3 is 10.0 Å². The number of benzene rings is 1. The van der Waals surface area contributed by atoms with Crippen molar-refractivity contribution in [3.8, 4) is 0 Å². The van der Waals surface area contributed by atoms with Crippen molar-refractivity contribution in [3.05, 3.63) is 39.3 Å². The molecule has 0 radical (unpaired) electrons. The summed E-state index contributed by atoms with van der Waals surface area (Å²) in [6.45, 7) is 2.87. The highest BCUT2D eigenvalue weighted by atomic mass is 32.1. The zero-order valence-corrected chi connectivity index (χ0v) is 13.0. The summed E-state index contributed by atoms with van der Waals surface area (Å²) in [5, 5.41) is 20.5. The van der Waals surface area contributed by atoms with E-state index in [1.165, 1.54) is 44.4 Å². The Hall–Kier alpha value is -2.48. The van der Waals surface area contributed by atoms with Crippen LogP contribution >= 0.6 is 11.3 Å². The molecule has 0 unspecified atom stereocenters. The van der Waals surface area contributed by atoms with Crippen molar-refractivity contribution >= 4 is 39.0 Å². The standard InChI is InChI=1S/C14H14N2O5S/c1-14(2,13(18)19)15(3)12(17)11-7-8-6-9(16(20)21)4-5-10(8)22-11/h4-7H,1-3H3,(H,18,19). The molecule has 7 nitrogen and oxygen atoms in total. The fraction of sp³-hybridized carbons (Fsp3) is 0.286. The van der Waals surface area contributed by atoms with Gasteiger partial charge in [-0.15, -0.1) is 11.3 Å². The van der Waals surface area contributed by atoms with E-state index in [2.05, 4.69) is 0 Å². The third-order valence-electron chi connectivity index (χ3n) is 3.59. The number of carboxylic acids is 1. The number of nitrogens with zero attached hydrogens (tertiary/aromatic N) is 2. The highest BCUT2D eigenvalue weighted by Gasteiger charge is 2.36. The first kappa shape index (κ1) is 15.9. The first-order chi connectivity index (χ1) is 10.1. The number of carbonyl (C=O) groups is 2. The summed E-state index contributed by atoms with van der Waals surface area (Å²) < 4.78 is 0.732. The van der Waals surface area contributed by atoms with Crippen molar-refractivity contribution < 1.29 is 19.6 Å². The molecule has 2 rings (SSSR count). The predicted octanol–water partition coefficient (Wildman–Crippen LogP) is 2.74. The van der Waals surface area contributed by atoms with Crippen LogP contribution in [0.2, 0.25) is 0 Å². The lowest BCUT2D eigenvalue weighted by molar-refractivity contribution is -0.384. The number of rotatable bonds is 4. The smallest absolute Gasteiger partial charge is 0.329 e. The topological polar surface area (TPSA) is 101 Å². The van der Waals surface area contributed by atoms with Crippen molar-refractivity contribution in [1.82, 2.24) is 4.90 Å². The van der Waals surface area contributed by atoms with Crippen molar-refractivity contribution in [1.29, 1.82) is 0 Å². The van der Waals surface area contributed by atoms with Gasteiger partial charge in [-0.3, -0.25) is 14.9 Å². The minimum Gasteiger partial charge on any atom is -0.480 e. The fourth-order valence-electron chi connectivity index (χ4n) is 1.81. The normalized spacial score (nSPS) is 11.4. The van der Waals surface area contributed by atoms with Crippen LogP contribution in [0.3, 0.4) is 0 Å². The van der Waals surface area contributed by atoms with E-state index in [-0.39, 0.29) is 5.69 Å². The molecule has 1 heterocycles. The molecule has 0 aliphatic carbocycles. The van der Waals surface area contributed by atoms with Crippen LogP contribution in [0.25, 0.3) is 10.1 Å². The summed E-state index contributed by atoms with van der Waals surface area (Å²) in [4.78, 5) is 35.4. The number of aliphatic carboxylic acids is 1. The zero-order chi connectivity index (χ0) is 16.7. The number of likely N-dealkylation sites (N-methyl/N-ethyl adjacent to an activating group) is 1. The molecule has 8 heteroatoms. The van der Waals surface area contributed by atoms with E-state index < -0.39 is 22.3 Å². The van der Waals surface area contributed by atoms with Gasteiger partial charge in [0, 0.05) is 29.3 Å². The molecule has 1 aromatic carbocycles. The molecule has 0 fully saturated rings. The third-order valence-corrected chi connectivity index (χ3v) is 4.69. The van der Waals surface area contributed by atoms with E-state index in [1.807, 2.05) is 0 Å². The van der Waals surface area contributed by atoms with Crippen LogP contribution in [0, 0.1) is 10.1 Å². The lowest BCUT2D eigenvalue weighted by Crippen LogP contribution is -2.50. The quantitative estimate of drug-likeness (QED) is 0.689. The molecule has 0 saturated carbocycles. The Labute approximate surface area is 129 Å². The molecule has 1 amide bonds. The fourth-order valence-corrected chi connectivity index (χ4v) is 2.83. The second-order valence-corrected chi connectivity index (χ2v) is 6.40. The molecule has 116 valence electrons. The number of nitro benzene ring substituents is 1. The van der Waals surface area contributed by atoms with Crippen LogP contribution in [-0.4, -0.2) is 39.4 Å². The predicted molar refractivity (Wildman–Crippen MR) is 82.3 cm³/mol. The molecular weight excluding hydrogens is 308 g/mol. The van der Waals surface area contributed by atoms with Crippen LogP contribution in [0.5, 0.6) is 0 Å². The number of hydrogen-bond donors (Lipinski definition) is 1. The average molecular weight is 322 g/mol. The molecular formula is C14H14N2O5S. The van der Waals surface area contributed by atoms with Gasteiger partial charge in [0.25, 0.3) is 11.6 Å². The number of hydrogen-bond acceptors (Lipinski definition) is 5. The number of thiophene rings is 1. The maximum atomic E-state index is 12.4.